The Bertz CT molecular complexity index is 831. The third kappa shape index (κ3) is 2.23. The van der Waals surface area contributed by atoms with Gasteiger partial charge < -0.3 is 0 Å². The van der Waals surface area contributed by atoms with Crippen LogP contribution in [0.25, 0.3) is 0 Å². The maximum absolute atomic E-state index is 12.8. The fraction of sp³-hybridized carbons (Fsp3) is 0.200. The van der Waals surface area contributed by atoms with E-state index in [-0.39, 0.29) is 16.6 Å². The van der Waals surface area contributed by atoms with Crippen LogP contribution in [0.15, 0.2) is 53.4 Å². The van der Waals surface area contributed by atoms with Gasteiger partial charge >= 0.3 is 0 Å². The molecule has 0 amide bonds. The number of benzene rings is 2. The summed E-state index contributed by atoms with van der Waals surface area (Å²) in [6.45, 7) is 1.85. The number of rotatable bonds is 3. The molecule has 1 aliphatic rings. The van der Waals surface area contributed by atoms with Crippen molar-refractivity contribution in [1.29, 1.82) is 0 Å². The summed E-state index contributed by atoms with van der Waals surface area (Å²) in [5.74, 6) is 0. The monoisotopic (exact) mass is 318 g/mol. The second-order valence-corrected chi connectivity index (χ2v) is 7.05. The van der Waals surface area contributed by atoms with E-state index in [1.165, 1.54) is 28.6 Å². The maximum atomic E-state index is 12.8. The van der Waals surface area contributed by atoms with E-state index in [0.29, 0.717) is 12.1 Å². The van der Waals surface area contributed by atoms with Gasteiger partial charge in [-0.15, -0.1) is 0 Å². The second-order valence-electron chi connectivity index (χ2n) is 5.23. The van der Waals surface area contributed by atoms with Crippen LogP contribution in [0, 0.1) is 10.1 Å². The van der Waals surface area contributed by atoms with Crippen molar-refractivity contribution in [2.24, 2.45) is 0 Å². The summed E-state index contributed by atoms with van der Waals surface area (Å²) >= 11 is 0. The number of nitro groups is 1. The SMILES string of the molecule is C[C@H]1Cc2ccccc2N1S(=O)(=O)c1ccc([N+](=O)[O-])cc1. The predicted octanol–water partition coefficient (Wildman–Crippen LogP) is 2.73. The third-order valence-corrected chi connectivity index (χ3v) is 5.69. The molecule has 6 nitrogen and oxygen atoms in total. The lowest BCUT2D eigenvalue weighted by molar-refractivity contribution is -0.384. The number of anilines is 1. The lowest BCUT2D eigenvalue weighted by Crippen LogP contribution is -2.35. The average Bonchev–Trinajstić information content (AvgIpc) is 2.83. The number of fused-ring (bicyclic) bond motifs is 1. The van der Waals surface area contributed by atoms with Crippen LogP contribution in [-0.4, -0.2) is 19.4 Å². The highest BCUT2D eigenvalue weighted by atomic mass is 32.2. The Kier molecular flexibility index (Phi) is 3.37. The molecule has 0 spiro atoms. The summed E-state index contributed by atoms with van der Waals surface area (Å²) < 4.78 is 27.1. The molecule has 0 fully saturated rings. The van der Waals surface area contributed by atoms with E-state index in [1.54, 1.807) is 12.1 Å². The van der Waals surface area contributed by atoms with Gasteiger partial charge in [0.25, 0.3) is 15.7 Å². The fourth-order valence-corrected chi connectivity index (χ4v) is 4.45. The summed E-state index contributed by atoms with van der Waals surface area (Å²) in [5, 5.41) is 10.7. The van der Waals surface area contributed by atoms with Crippen molar-refractivity contribution in [3.05, 3.63) is 64.2 Å². The summed E-state index contributed by atoms with van der Waals surface area (Å²) in [5.41, 5.74) is 1.53. The van der Waals surface area contributed by atoms with Crippen molar-refractivity contribution in [1.82, 2.24) is 0 Å². The second kappa shape index (κ2) is 5.10. The molecule has 0 aliphatic carbocycles. The molecule has 114 valence electrons. The standard InChI is InChI=1S/C15H14N2O4S/c1-11-10-12-4-2-3-5-15(12)16(11)22(20,21)14-8-6-13(7-9-14)17(18)19/h2-9,11H,10H2,1H3/t11-/m0/s1. The normalized spacial score (nSPS) is 17.3. The molecule has 2 aromatic carbocycles. The van der Waals surface area contributed by atoms with Crippen LogP contribution in [0.4, 0.5) is 11.4 Å². The number of sulfonamides is 1. The van der Waals surface area contributed by atoms with E-state index in [2.05, 4.69) is 0 Å². The highest BCUT2D eigenvalue weighted by Crippen LogP contribution is 2.36. The lowest BCUT2D eigenvalue weighted by atomic mass is 10.1. The van der Waals surface area contributed by atoms with E-state index >= 15 is 0 Å². The molecule has 22 heavy (non-hydrogen) atoms. The Morgan fingerprint density at radius 1 is 1.14 bits per heavy atom. The van der Waals surface area contributed by atoms with Crippen molar-refractivity contribution >= 4 is 21.4 Å². The van der Waals surface area contributed by atoms with Gasteiger partial charge in [0.05, 0.1) is 15.5 Å². The molecule has 0 radical (unpaired) electrons. The van der Waals surface area contributed by atoms with Gasteiger partial charge in [-0.1, -0.05) is 18.2 Å². The van der Waals surface area contributed by atoms with Crippen LogP contribution in [-0.2, 0) is 16.4 Å². The van der Waals surface area contributed by atoms with E-state index in [4.69, 9.17) is 0 Å². The van der Waals surface area contributed by atoms with Crippen LogP contribution in [0.5, 0.6) is 0 Å². The van der Waals surface area contributed by atoms with Crippen LogP contribution >= 0.6 is 0 Å². The minimum atomic E-state index is -3.73. The molecule has 0 unspecified atom stereocenters. The molecule has 1 heterocycles. The molecule has 0 saturated heterocycles. The van der Waals surface area contributed by atoms with Gasteiger partial charge in [-0.25, -0.2) is 8.42 Å². The molecule has 0 N–H and O–H groups in total. The Hall–Kier alpha value is -2.41. The summed E-state index contributed by atoms with van der Waals surface area (Å²) in [6.07, 6.45) is 0.655. The molecule has 7 heteroatoms. The van der Waals surface area contributed by atoms with Gasteiger partial charge in [0.1, 0.15) is 0 Å². The van der Waals surface area contributed by atoms with Crippen molar-refractivity contribution in [3.8, 4) is 0 Å². The first-order valence-electron chi connectivity index (χ1n) is 6.78. The molecule has 3 rings (SSSR count). The number of nitro benzene ring substituents is 1. The minimum Gasteiger partial charge on any atom is -0.263 e. The fourth-order valence-electron chi connectivity index (χ4n) is 2.76. The van der Waals surface area contributed by atoms with Gasteiger partial charge in [0, 0.05) is 18.2 Å². The van der Waals surface area contributed by atoms with Crippen LogP contribution in [0.2, 0.25) is 0 Å². The quantitative estimate of drug-likeness (QED) is 0.643. The predicted molar refractivity (Wildman–Crippen MR) is 82.4 cm³/mol. The Labute approximate surface area is 128 Å². The Balaban J connectivity index is 2.05. The van der Waals surface area contributed by atoms with Crippen LogP contribution < -0.4 is 4.31 Å². The Morgan fingerprint density at radius 3 is 2.41 bits per heavy atom. The molecular formula is C15H14N2O4S. The van der Waals surface area contributed by atoms with Gasteiger partial charge in [0.15, 0.2) is 0 Å². The lowest BCUT2D eigenvalue weighted by Gasteiger charge is -2.24. The number of nitrogens with zero attached hydrogens (tertiary/aromatic N) is 2. The zero-order valence-electron chi connectivity index (χ0n) is 11.8. The molecule has 0 bridgehead atoms. The van der Waals surface area contributed by atoms with Gasteiger partial charge in [-0.05, 0) is 37.1 Å². The first-order valence-corrected chi connectivity index (χ1v) is 8.22. The zero-order valence-corrected chi connectivity index (χ0v) is 12.7. The first kappa shape index (κ1) is 14.5. The largest absolute Gasteiger partial charge is 0.269 e. The Morgan fingerprint density at radius 2 is 1.77 bits per heavy atom. The molecule has 0 saturated carbocycles. The van der Waals surface area contributed by atoms with Crippen molar-refractivity contribution in [2.75, 3.05) is 4.31 Å². The number of non-ortho nitro benzene ring substituents is 1. The molecular weight excluding hydrogens is 304 g/mol. The molecule has 1 aliphatic heterocycles. The molecule has 2 aromatic rings. The van der Waals surface area contributed by atoms with Crippen molar-refractivity contribution in [2.45, 2.75) is 24.3 Å². The van der Waals surface area contributed by atoms with Crippen molar-refractivity contribution < 1.29 is 13.3 Å². The molecule has 1 atom stereocenters. The smallest absolute Gasteiger partial charge is 0.263 e. The summed E-state index contributed by atoms with van der Waals surface area (Å²) in [4.78, 5) is 10.2. The van der Waals surface area contributed by atoms with E-state index < -0.39 is 14.9 Å². The van der Waals surface area contributed by atoms with E-state index in [1.807, 2.05) is 19.1 Å². The maximum Gasteiger partial charge on any atom is 0.269 e. The third-order valence-electron chi connectivity index (χ3n) is 3.75. The van der Waals surface area contributed by atoms with Gasteiger partial charge in [-0.3, -0.25) is 14.4 Å². The zero-order chi connectivity index (χ0) is 15.9. The van der Waals surface area contributed by atoms with Crippen LogP contribution in [0.3, 0.4) is 0 Å². The average molecular weight is 318 g/mol. The summed E-state index contributed by atoms with van der Waals surface area (Å²) in [7, 11) is -3.73. The van der Waals surface area contributed by atoms with Crippen LogP contribution in [0.1, 0.15) is 12.5 Å². The summed E-state index contributed by atoms with van der Waals surface area (Å²) in [6, 6.07) is 12.2. The minimum absolute atomic E-state index is 0.0571. The van der Waals surface area contributed by atoms with Gasteiger partial charge in [0.2, 0.25) is 0 Å². The molecule has 0 aromatic heterocycles. The highest BCUT2D eigenvalue weighted by Gasteiger charge is 2.35. The van der Waals surface area contributed by atoms with Crippen molar-refractivity contribution in [3.63, 3.8) is 0 Å². The number of para-hydroxylation sites is 1. The number of hydrogen-bond donors (Lipinski definition) is 0. The first-order chi connectivity index (χ1) is 10.4. The van der Waals surface area contributed by atoms with E-state index in [9.17, 15) is 18.5 Å². The number of hydrogen-bond acceptors (Lipinski definition) is 4. The topological polar surface area (TPSA) is 80.5 Å². The highest BCUT2D eigenvalue weighted by molar-refractivity contribution is 7.92. The van der Waals surface area contributed by atoms with E-state index in [0.717, 1.165) is 5.56 Å². The van der Waals surface area contributed by atoms with Gasteiger partial charge in [-0.2, -0.15) is 0 Å².